The van der Waals surface area contributed by atoms with Crippen molar-refractivity contribution < 1.29 is 0 Å². The molecule has 0 saturated carbocycles. The van der Waals surface area contributed by atoms with Crippen LogP contribution in [0.4, 0.5) is 5.82 Å². The maximum absolute atomic E-state index is 4.90. The SMILES string of the molecule is CCNCc1cc(N(C)C(C)CSC)nc(C(C)(C)C)c1. The van der Waals surface area contributed by atoms with Crippen LogP contribution in [0.2, 0.25) is 0 Å². The quantitative estimate of drug-likeness (QED) is 0.832. The molecule has 0 aliphatic heterocycles. The maximum atomic E-state index is 4.90. The van der Waals surface area contributed by atoms with Crippen molar-refractivity contribution in [1.29, 1.82) is 0 Å². The molecule has 21 heavy (non-hydrogen) atoms. The molecule has 0 aliphatic rings. The summed E-state index contributed by atoms with van der Waals surface area (Å²) in [4.78, 5) is 7.20. The molecule has 0 radical (unpaired) electrons. The Morgan fingerprint density at radius 3 is 2.52 bits per heavy atom. The Labute approximate surface area is 134 Å². The van der Waals surface area contributed by atoms with Gasteiger partial charge in [-0.2, -0.15) is 11.8 Å². The lowest BCUT2D eigenvalue weighted by Gasteiger charge is -2.28. The van der Waals surface area contributed by atoms with Gasteiger partial charge in [0.25, 0.3) is 0 Å². The molecular formula is C17H31N3S. The Kier molecular flexibility index (Phi) is 7.01. The first-order valence-electron chi connectivity index (χ1n) is 7.73. The fourth-order valence-corrected chi connectivity index (χ4v) is 2.79. The number of nitrogens with zero attached hydrogens (tertiary/aromatic N) is 2. The fraction of sp³-hybridized carbons (Fsp3) is 0.706. The van der Waals surface area contributed by atoms with Gasteiger partial charge >= 0.3 is 0 Å². The third-order valence-corrected chi connectivity index (χ3v) is 4.47. The molecule has 1 heterocycles. The van der Waals surface area contributed by atoms with E-state index in [-0.39, 0.29) is 5.41 Å². The minimum atomic E-state index is 0.0700. The summed E-state index contributed by atoms with van der Waals surface area (Å²) in [5, 5.41) is 3.41. The molecule has 1 aromatic rings. The van der Waals surface area contributed by atoms with Gasteiger partial charge in [0.2, 0.25) is 0 Å². The Morgan fingerprint density at radius 1 is 1.33 bits per heavy atom. The Morgan fingerprint density at radius 2 is 2.00 bits per heavy atom. The van der Waals surface area contributed by atoms with Crippen LogP contribution in [0.25, 0.3) is 0 Å². The van der Waals surface area contributed by atoms with E-state index in [4.69, 9.17) is 4.98 Å². The molecule has 0 aromatic carbocycles. The molecule has 1 unspecified atom stereocenters. The van der Waals surface area contributed by atoms with E-state index in [0.717, 1.165) is 30.4 Å². The van der Waals surface area contributed by atoms with Crippen LogP contribution in [0.1, 0.15) is 45.9 Å². The third-order valence-electron chi connectivity index (χ3n) is 3.65. The Bertz CT molecular complexity index is 440. The first-order valence-corrected chi connectivity index (χ1v) is 9.13. The first kappa shape index (κ1) is 18.3. The van der Waals surface area contributed by atoms with Crippen LogP contribution in [0.5, 0.6) is 0 Å². The molecule has 1 N–H and O–H groups in total. The van der Waals surface area contributed by atoms with Gasteiger partial charge in [-0.05, 0) is 37.4 Å². The number of aromatic nitrogens is 1. The number of pyridine rings is 1. The molecule has 1 rings (SSSR count). The average molecular weight is 310 g/mol. The van der Waals surface area contributed by atoms with E-state index < -0.39 is 0 Å². The van der Waals surface area contributed by atoms with Gasteiger partial charge in [-0.3, -0.25) is 0 Å². The lowest BCUT2D eigenvalue weighted by molar-refractivity contribution is 0.564. The summed E-state index contributed by atoms with van der Waals surface area (Å²) in [6.07, 6.45) is 2.15. The lowest BCUT2D eigenvalue weighted by Crippen LogP contribution is -2.32. The Balaban J connectivity index is 3.11. The van der Waals surface area contributed by atoms with E-state index in [1.807, 2.05) is 11.8 Å². The maximum Gasteiger partial charge on any atom is 0.129 e. The highest BCUT2D eigenvalue weighted by atomic mass is 32.2. The van der Waals surface area contributed by atoms with E-state index in [9.17, 15) is 0 Å². The molecule has 0 spiro atoms. The zero-order chi connectivity index (χ0) is 16.0. The second-order valence-electron chi connectivity index (χ2n) is 6.66. The summed E-state index contributed by atoms with van der Waals surface area (Å²) in [5.74, 6) is 2.19. The molecule has 0 fully saturated rings. The van der Waals surface area contributed by atoms with Gasteiger partial charge < -0.3 is 10.2 Å². The standard InChI is InChI=1S/C17H31N3S/c1-8-18-11-14-9-15(17(3,4)5)19-16(10-14)20(6)13(2)12-21-7/h9-10,13,18H,8,11-12H2,1-7H3. The molecule has 120 valence electrons. The predicted octanol–water partition coefficient (Wildman–Crippen LogP) is 3.68. The van der Waals surface area contributed by atoms with Gasteiger partial charge in [0.05, 0.1) is 0 Å². The summed E-state index contributed by atoms with van der Waals surface area (Å²) in [6.45, 7) is 13.0. The first-order chi connectivity index (χ1) is 9.79. The van der Waals surface area contributed by atoms with Crippen molar-refractivity contribution in [3.63, 3.8) is 0 Å². The largest absolute Gasteiger partial charge is 0.356 e. The Hall–Kier alpha value is -0.740. The topological polar surface area (TPSA) is 28.2 Å². The van der Waals surface area contributed by atoms with Gasteiger partial charge in [0.15, 0.2) is 0 Å². The van der Waals surface area contributed by atoms with Crippen LogP contribution >= 0.6 is 11.8 Å². The molecule has 1 atom stereocenters. The van der Waals surface area contributed by atoms with Crippen LogP contribution < -0.4 is 10.2 Å². The van der Waals surface area contributed by atoms with Crippen molar-refractivity contribution in [1.82, 2.24) is 10.3 Å². The number of anilines is 1. The predicted molar refractivity (Wildman–Crippen MR) is 96.6 cm³/mol. The van der Waals surface area contributed by atoms with E-state index in [0.29, 0.717) is 6.04 Å². The molecule has 0 bridgehead atoms. The van der Waals surface area contributed by atoms with Crippen LogP contribution in [0.15, 0.2) is 12.1 Å². The van der Waals surface area contributed by atoms with E-state index in [1.165, 1.54) is 5.56 Å². The molecule has 3 nitrogen and oxygen atoms in total. The third kappa shape index (κ3) is 5.51. The normalized spacial score (nSPS) is 13.3. The lowest BCUT2D eigenvalue weighted by atomic mass is 9.90. The minimum Gasteiger partial charge on any atom is -0.356 e. The average Bonchev–Trinajstić information content (AvgIpc) is 2.43. The number of rotatable bonds is 7. The van der Waals surface area contributed by atoms with Crippen LogP contribution in [0.3, 0.4) is 0 Å². The molecule has 0 amide bonds. The van der Waals surface area contributed by atoms with E-state index in [2.05, 4.69) is 70.3 Å². The summed E-state index contributed by atoms with van der Waals surface area (Å²) in [7, 11) is 2.15. The number of nitrogens with one attached hydrogen (secondary N) is 1. The highest BCUT2D eigenvalue weighted by molar-refractivity contribution is 7.98. The summed E-state index contributed by atoms with van der Waals surface area (Å²) in [6, 6.07) is 4.93. The van der Waals surface area contributed by atoms with Gasteiger partial charge in [-0.15, -0.1) is 0 Å². The molecular weight excluding hydrogens is 278 g/mol. The molecule has 0 saturated heterocycles. The van der Waals surface area contributed by atoms with Gasteiger partial charge in [0, 0.05) is 36.5 Å². The summed E-state index contributed by atoms with van der Waals surface area (Å²) in [5.41, 5.74) is 2.55. The number of thioether (sulfide) groups is 1. The zero-order valence-corrected chi connectivity index (χ0v) is 15.5. The fourth-order valence-electron chi connectivity index (χ4n) is 2.09. The van der Waals surface area contributed by atoms with Crippen molar-refractivity contribution >= 4 is 17.6 Å². The van der Waals surface area contributed by atoms with Crippen molar-refractivity contribution in [2.45, 2.75) is 52.6 Å². The molecule has 0 aliphatic carbocycles. The van der Waals surface area contributed by atoms with Crippen molar-refractivity contribution in [2.24, 2.45) is 0 Å². The van der Waals surface area contributed by atoms with Gasteiger partial charge in [-0.1, -0.05) is 27.7 Å². The van der Waals surface area contributed by atoms with Crippen LogP contribution in [0, 0.1) is 0 Å². The summed E-state index contributed by atoms with van der Waals surface area (Å²) >= 11 is 1.88. The van der Waals surface area contributed by atoms with Gasteiger partial charge in [-0.25, -0.2) is 4.98 Å². The van der Waals surface area contributed by atoms with E-state index >= 15 is 0 Å². The van der Waals surface area contributed by atoms with Crippen molar-refractivity contribution in [2.75, 3.05) is 30.5 Å². The van der Waals surface area contributed by atoms with Gasteiger partial charge in [0.1, 0.15) is 5.82 Å². The second kappa shape index (κ2) is 8.04. The smallest absolute Gasteiger partial charge is 0.129 e. The monoisotopic (exact) mass is 309 g/mol. The molecule has 1 aromatic heterocycles. The van der Waals surface area contributed by atoms with Crippen molar-refractivity contribution in [3.05, 3.63) is 23.4 Å². The number of hydrogen-bond donors (Lipinski definition) is 1. The molecule has 4 heteroatoms. The second-order valence-corrected chi connectivity index (χ2v) is 7.58. The summed E-state index contributed by atoms with van der Waals surface area (Å²) < 4.78 is 0. The van der Waals surface area contributed by atoms with Crippen LogP contribution in [-0.2, 0) is 12.0 Å². The van der Waals surface area contributed by atoms with Crippen LogP contribution in [-0.4, -0.2) is 36.6 Å². The highest BCUT2D eigenvalue weighted by Gasteiger charge is 2.19. The number of hydrogen-bond acceptors (Lipinski definition) is 4. The van der Waals surface area contributed by atoms with E-state index in [1.54, 1.807) is 0 Å². The zero-order valence-electron chi connectivity index (χ0n) is 14.7. The minimum absolute atomic E-state index is 0.0700. The van der Waals surface area contributed by atoms with Crippen molar-refractivity contribution in [3.8, 4) is 0 Å². The highest BCUT2D eigenvalue weighted by Crippen LogP contribution is 2.25.